The van der Waals surface area contributed by atoms with Crippen LogP contribution in [0, 0.1) is 0 Å². The van der Waals surface area contributed by atoms with Gasteiger partial charge in [0.1, 0.15) is 5.75 Å². The minimum absolute atomic E-state index is 0.0487. The van der Waals surface area contributed by atoms with E-state index in [1.807, 2.05) is 48.5 Å². The van der Waals surface area contributed by atoms with Crippen molar-refractivity contribution in [2.24, 2.45) is 0 Å². The van der Waals surface area contributed by atoms with E-state index in [4.69, 9.17) is 4.74 Å². The van der Waals surface area contributed by atoms with E-state index >= 15 is 0 Å². The van der Waals surface area contributed by atoms with E-state index in [0.29, 0.717) is 6.61 Å². The van der Waals surface area contributed by atoms with Crippen LogP contribution in [0.15, 0.2) is 54.6 Å². The topological polar surface area (TPSA) is 41.5 Å². The van der Waals surface area contributed by atoms with Crippen LogP contribution in [0.25, 0.3) is 0 Å². The Morgan fingerprint density at radius 3 is 2.65 bits per heavy atom. The Bertz CT molecular complexity index is 556. The van der Waals surface area contributed by atoms with E-state index < -0.39 is 0 Å². The molecule has 0 spiro atoms. The number of para-hydroxylation sites is 1. The number of ether oxygens (including phenoxy) is 1. The Morgan fingerprint density at radius 2 is 1.85 bits per heavy atom. The van der Waals surface area contributed by atoms with Crippen LogP contribution in [0.3, 0.4) is 0 Å². The van der Waals surface area contributed by atoms with Crippen molar-refractivity contribution in [2.45, 2.75) is 18.5 Å². The molecule has 1 unspecified atom stereocenters. The van der Waals surface area contributed by atoms with Crippen molar-refractivity contribution in [3.8, 4) is 5.75 Å². The highest BCUT2D eigenvalue weighted by molar-refractivity contribution is 5.37. The fraction of sp³-hybridized carbons (Fsp3) is 0.294. The fourth-order valence-electron chi connectivity index (χ4n) is 2.70. The van der Waals surface area contributed by atoms with Crippen LogP contribution in [0.1, 0.15) is 29.6 Å². The fourth-order valence-corrected chi connectivity index (χ4v) is 2.70. The van der Waals surface area contributed by atoms with Crippen molar-refractivity contribution in [1.82, 2.24) is 5.32 Å². The summed E-state index contributed by atoms with van der Waals surface area (Å²) < 4.78 is 5.67. The Morgan fingerprint density at radius 1 is 1.10 bits per heavy atom. The molecular formula is C17H19NO2. The molecule has 1 aliphatic heterocycles. The Hall–Kier alpha value is -1.84. The molecule has 0 aromatic heterocycles. The van der Waals surface area contributed by atoms with Gasteiger partial charge in [0.2, 0.25) is 0 Å². The number of aliphatic hydroxyl groups excluding tert-OH is 1. The quantitative estimate of drug-likeness (QED) is 0.896. The minimum Gasteiger partial charge on any atom is -0.493 e. The molecule has 3 rings (SSSR count). The van der Waals surface area contributed by atoms with Crippen molar-refractivity contribution in [3.63, 3.8) is 0 Å². The molecule has 0 fully saturated rings. The summed E-state index contributed by atoms with van der Waals surface area (Å²) in [7, 11) is 0. The number of aliphatic hydroxyl groups is 1. The molecule has 2 N–H and O–H groups in total. The Labute approximate surface area is 119 Å². The second kappa shape index (κ2) is 6.07. The first-order chi connectivity index (χ1) is 9.88. The SMILES string of the molecule is OC[C@H](NC1CCOc2ccccc21)c1ccccc1. The third-order valence-corrected chi connectivity index (χ3v) is 3.75. The number of benzene rings is 2. The van der Waals surface area contributed by atoms with Crippen LogP contribution < -0.4 is 10.1 Å². The lowest BCUT2D eigenvalue weighted by Gasteiger charge is -2.30. The molecule has 2 aromatic carbocycles. The molecule has 3 nitrogen and oxygen atoms in total. The van der Waals surface area contributed by atoms with Gasteiger partial charge in [0.05, 0.1) is 19.3 Å². The van der Waals surface area contributed by atoms with Gasteiger partial charge in [-0.2, -0.15) is 0 Å². The standard InChI is InChI=1S/C17H19NO2/c19-12-16(13-6-2-1-3-7-13)18-15-10-11-20-17-9-5-4-8-14(15)17/h1-9,15-16,18-19H,10-12H2/t15?,16-/m0/s1. The maximum atomic E-state index is 9.66. The third-order valence-electron chi connectivity index (χ3n) is 3.75. The number of hydrogen-bond acceptors (Lipinski definition) is 3. The predicted octanol–water partition coefficient (Wildman–Crippen LogP) is 2.83. The maximum absolute atomic E-state index is 9.66. The summed E-state index contributed by atoms with van der Waals surface area (Å²) in [6, 6.07) is 18.3. The first kappa shape index (κ1) is 13.2. The highest BCUT2D eigenvalue weighted by Gasteiger charge is 2.23. The monoisotopic (exact) mass is 269 g/mol. The van der Waals surface area contributed by atoms with E-state index in [9.17, 15) is 5.11 Å². The summed E-state index contributed by atoms with van der Waals surface area (Å²) in [5, 5.41) is 13.2. The molecule has 0 saturated carbocycles. The van der Waals surface area contributed by atoms with Crippen molar-refractivity contribution < 1.29 is 9.84 Å². The molecule has 1 heterocycles. The van der Waals surface area contributed by atoms with Gasteiger partial charge in [0.25, 0.3) is 0 Å². The largest absolute Gasteiger partial charge is 0.493 e. The van der Waals surface area contributed by atoms with E-state index in [1.165, 1.54) is 5.56 Å². The van der Waals surface area contributed by atoms with Crippen LogP contribution >= 0.6 is 0 Å². The van der Waals surface area contributed by atoms with Crippen LogP contribution in [0.5, 0.6) is 5.75 Å². The molecule has 104 valence electrons. The molecule has 0 aliphatic carbocycles. The average molecular weight is 269 g/mol. The lowest BCUT2D eigenvalue weighted by atomic mass is 9.98. The zero-order chi connectivity index (χ0) is 13.8. The van der Waals surface area contributed by atoms with Crippen LogP contribution in [0.2, 0.25) is 0 Å². The smallest absolute Gasteiger partial charge is 0.124 e. The van der Waals surface area contributed by atoms with Gasteiger partial charge in [0.15, 0.2) is 0 Å². The lowest BCUT2D eigenvalue weighted by Crippen LogP contribution is -2.32. The molecular weight excluding hydrogens is 250 g/mol. The number of fused-ring (bicyclic) bond motifs is 1. The van der Waals surface area contributed by atoms with E-state index in [1.54, 1.807) is 0 Å². The van der Waals surface area contributed by atoms with Gasteiger partial charge in [0, 0.05) is 18.0 Å². The van der Waals surface area contributed by atoms with Crippen molar-refractivity contribution in [1.29, 1.82) is 0 Å². The zero-order valence-electron chi connectivity index (χ0n) is 11.3. The van der Waals surface area contributed by atoms with Gasteiger partial charge in [-0.1, -0.05) is 48.5 Å². The van der Waals surface area contributed by atoms with Crippen LogP contribution in [-0.2, 0) is 0 Å². The lowest BCUT2D eigenvalue weighted by molar-refractivity contribution is 0.204. The second-order valence-electron chi connectivity index (χ2n) is 5.04. The molecule has 0 radical (unpaired) electrons. The Kier molecular flexibility index (Phi) is 4.00. The van der Waals surface area contributed by atoms with Gasteiger partial charge in [-0.15, -0.1) is 0 Å². The zero-order valence-corrected chi connectivity index (χ0v) is 11.3. The molecule has 1 aliphatic rings. The van der Waals surface area contributed by atoms with Crippen molar-refractivity contribution in [3.05, 3.63) is 65.7 Å². The van der Waals surface area contributed by atoms with E-state index in [-0.39, 0.29) is 18.7 Å². The van der Waals surface area contributed by atoms with Crippen LogP contribution in [0.4, 0.5) is 0 Å². The average Bonchev–Trinajstić information content (AvgIpc) is 2.53. The van der Waals surface area contributed by atoms with E-state index in [2.05, 4.69) is 11.4 Å². The molecule has 2 atom stereocenters. The molecule has 0 bridgehead atoms. The van der Waals surface area contributed by atoms with E-state index in [0.717, 1.165) is 17.7 Å². The van der Waals surface area contributed by atoms with Gasteiger partial charge < -0.3 is 15.2 Å². The normalized spacial score (nSPS) is 18.9. The van der Waals surface area contributed by atoms with Gasteiger partial charge in [-0.25, -0.2) is 0 Å². The van der Waals surface area contributed by atoms with Gasteiger partial charge in [-0.05, 0) is 11.6 Å². The summed E-state index contributed by atoms with van der Waals surface area (Å²) in [5.74, 6) is 0.945. The first-order valence-electron chi connectivity index (χ1n) is 7.02. The molecule has 20 heavy (non-hydrogen) atoms. The highest BCUT2D eigenvalue weighted by atomic mass is 16.5. The van der Waals surface area contributed by atoms with Crippen molar-refractivity contribution in [2.75, 3.05) is 13.2 Å². The third kappa shape index (κ3) is 2.69. The summed E-state index contributed by atoms with van der Waals surface area (Å²) in [6.07, 6.45) is 0.917. The Balaban J connectivity index is 1.81. The molecule has 0 saturated heterocycles. The molecule has 3 heteroatoms. The highest BCUT2D eigenvalue weighted by Crippen LogP contribution is 2.33. The number of nitrogens with one attached hydrogen (secondary N) is 1. The first-order valence-corrected chi connectivity index (χ1v) is 7.02. The van der Waals surface area contributed by atoms with Crippen molar-refractivity contribution >= 4 is 0 Å². The van der Waals surface area contributed by atoms with Gasteiger partial charge >= 0.3 is 0 Å². The molecule has 2 aromatic rings. The van der Waals surface area contributed by atoms with Gasteiger partial charge in [-0.3, -0.25) is 0 Å². The maximum Gasteiger partial charge on any atom is 0.124 e. The summed E-state index contributed by atoms with van der Waals surface area (Å²) in [4.78, 5) is 0. The summed E-state index contributed by atoms with van der Waals surface area (Å²) >= 11 is 0. The predicted molar refractivity (Wildman–Crippen MR) is 78.7 cm³/mol. The number of hydrogen-bond donors (Lipinski definition) is 2. The summed E-state index contributed by atoms with van der Waals surface area (Å²) in [6.45, 7) is 0.797. The summed E-state index contributed by atoms with van der Waals surface area (Å²) in [5.41, 5.74) is 2.28. The number of rotatable bonds is 4. The minimum atomic E-state index is -0.0487. The second-order valence-corrected chi connectivity index (χ2v) is 5.04. The molecule has 0 amide bonds. The van der Waals surface area contributed by atoms with Crippen LogP contribution in [-0.4, -0.2) is 18.3 Å².